The van der Waals surface area contributed by atoms with E-state index >= 15 is 0 Å². The van der Waals surface area contributed by atoms with Gasteiger partial charge in [0.2, 0.25) is 11.8 Å². The molecule has 1 saturated carbocycles. The number of nitriles is 1. The second-order valence-electron chi connectivity index (χ2n) is 7.10. The third-order valence-corrected chi connectivity index (χ3v) is 5.48. The lowest BCUT2D eigenvalue weighted by atomic mass is 9.84. The van der Waals surface area contributed by atoms with Crippen molar-refractivity contribution in [3.05, 3.63) is 34.0 Å². The second-order valence-corrected chi connectivity index (χ2v) is 7.54. The molecule has 3 aromatic rings. The molecule has 1 aliphatic carbocycles. The van der Waals surface area contributed by atoms with E-state index in [-0.39, 0.29) is 11.7 Å². The summed E-state index contributed by atoms with van der Waals surface area (Å²) >= 11 is 6.03. The summed E-state index contributed by atoms with van der Waals surface area (Å²) < 4.78 is 6.95. The topological polar surface area (TPSA) is 122 Å². The first-order valence-corrected chi connectivity index (χ1v) is 9.77. The number of pyridine rings is 1. The fourth-order valence-corrected chi connectivity index (χ4v) is 4.01. The first kappa shape index (κ1) is 19.2. The molecular formula is C19H20ClN7O2. The lowest BCUT2D eigenvalue weighted by molar-refractivity contribution is 0.277. The van der Waals surface area contributed by atoms with Crippen molar-refractivity contribution in [3.8, 4) is 11.9 Å². The van der Waals surface area contributed by atoms with Gasteiger partial charge < -0.3 is 15.0 Å². The number of H-pyrrole nitrogens is 1. The van der Waals surface area contributed by atoms with Crippen LogP contribution >= 0.6 is 11.6 Å². The van der Waals surface area contributed by atoms with E-state index in [0.717, 1.165) is 25.7 Å². The van der Waals surface area contributed by atoms with Crippen molar-refractivity contribution in [1.29, 1.82) is 5.26 Å². The Bertz CT molecular complexity index is 1130. The van der Waals surface area contributed by atoms with Crippen molar-refractivity contribution in [3.63, 3.8) is 0 Å². The van der Waals surface area contributed by atoms with E-state index in [0.29, 0.717) is 46.0 Å². The molecule has 1 fully saturated rings. The molecule has 0 unspecified atom stereocenters. The predicted molar refractivity (Wildman–Crippen MR) is 108 cm³/mol. The lowest BCUT2D eigenvalue weighted by Crippen LogP contribution is -2.26. The quantitative estimate of drug-likeness (QED) is 0.655. The van der Waals surface area contributed by atoms with Crippen LogP contribution in [0.15, 0.2) is 23.3 Å². The number of anilines is 2. The summed E-state index contributed by atoms with van der Waals surface area (Å²) in [5.41, 5.74) is 1.46. The van der Waals surface area contributed by atoms with Crippen molar-refractivity contribution >= 4 is 34.4 Å². The van der Waals surface area contributed by atoms with Gasteiger partial charge in [-0.25, -0.2) is 14.8 Å². The summed E-state index contributed by atoms with van der Waals surface area (Å²) in [6, 6.07) is 3.96. The molecule has 150 valence electrons. The molecule has 9 nitrogen and oxygen atoms in total. The molecule has 2 N–H and O–H groups in total. The van der Waals surface area contributed by atoms with E-state index in [2.05, 4.69) is 31.3 Å². The molecule has 3 heterocycles. The van der Waals surface area contributed by atoms with Crippen LogP contribution in [0, 0.1) is 17.2 Å². The Morgan fingerprint density at radius 3 is 2.86 bits per heavy atom. The van der Waals surface area contributed by atoms with Crippen molar-refractivity contribution in [2.75, 3.05) is 12.4 Å². The Morgan fingerprint density at radius 2 is 2.14 bits per heavy atom. The molecule has 0 radical (unpaired) electrons. The zero-order chi connectivity index (χ0) is 20.4. The van der Waals surface area contributed by atoms with Crippen LogP contribution in [0.2, 0.25) is 5.02 Å². The third kappa shape index (κ3) is 3.89. The minimum Gasteiger partial charge on any atom is -0.480 e. The number of hydrogen-bond acceptors (Lipinski definition) is 7. The van der Waals surface area contributed by atoms with Crippen LogP contribution in [0.3, 0.4) is 0 Å². The highest BCUT2D eigenvalue weighted by Gasteiger charge is 2.25. The molecule has 10 heteroatoms. The maximum absolute atomic E-state index is 12.6. The van der Waals surface area contributed by atoms with Crippen molar-refractivity contribution in [2.45, 2.75) is 38.1 Å². The molecule has 0 amide bonds. The van der Waals surface area contributed by atoms with Crippen LogP contribution in [-0.2, 0) is 0 Å². The number of nitrogens with one attached hydrogen (secondary N) is 2. The summed E-state index contributed by atoms with van der Waals surface area (Å²) in [6.45, 7) is 0. The number of imidazole rings is 1. The van der Waals surface area contributed by atoms with Crippen LogP contribution in [0.1, 0.15) is 38.1 Å². The maximum Gasteiger partial charge on any atom is 0.327 e. The largest absolute Gasteiger partial charge is 0.480 e. The molecular weight excluding hydrogens is 394 g/mol. The van der Waals surface area contributed by atoms with Crippen molar-refractivity contribution in [2.24, 2.45) is 5.92 Å². The summed E-state index contributed by atoms with van der Waals surface area (Å²) in [5, 5.41) is 12.4. The Kier molecular flexibility index (Phi) is 5.36. The summed E-state index contributed by atoms with van der Waals surface area (Å²) in [6.07, 6.45) is 7.19. The number of hydrogen-bond donors (Lipinski definition) is 2. The number of aromatic amines is 1. The predicted octanol–water partition coefficient (Wildman–Crippen LogP) is 3.57. The van der Waals surface area contributed by atoms with E-state index in [9.17, 15) is 4.79 Å². The molecule has 29 heavy (non-hydrogen) atoms. The van der Waals surface area contributed by atoms with Crippen LogP contribution in [-0.4, -0.2) is 31.6 Å². The molecule has 3 aromatic heterocycles. The Morgan fingerprint density at radius 1 is 1.34 bits per heavy atom. The molecule has 0 bridgehead atoms. The minimum absolute atomic E-state index is 0.0521. The van der Waals surface area contributed by atoms with Gasteiger partial charge in [-0.2, -0.15) is 10.2 Å². The zero-order valence-corrected chi connectivity index (χ0v) is 16.6. The molecule has 0 spiro atoms. The van der Waals surface area contributed by atoms with Gasteiger partial charge in [0.1, 0.15) is 11.2 Å². The standard InChI is InChI=1S/C19H20ClN7O2/c1-29-17-14(8-12(20)9-22-17)24-18-23-10-15-16(26-18)27(19(28)25-15)13-4-2-11(3-5-13)6-7-21/h8-11,13H,2-6H2,1H3,(H,25,28)(H,23,24,26)/t11-,13-. The second kappa shape index (κ2) is 8.09. The molecule has 0 atom stereocenters. The number of fused-ring (bicyclic) bond motifs is 1. The van der Waals surface area contributed by atoms with Gasteiger partial charge in [0.05, 0.1) is 24.4 Å². The van der Waals surface area contributed by atoms with Crippen LogP contribution < -0.4 is 15.7 Å². The first-order chi connectivity index (χ1) is 14.1. The van der Waals surface area contributed by atoms with Gasteiger partial charge in [0.15, 0.2) is 5.65 Å². The van der Waals surface area contributed by atoms with Gasteiger partial charge in [-0.15, -0.1) is 0 Å². The Hall–Kier alpha value is -3.12. The number of ether oxygens (including phenoxy) is 1. The van der Waals surface area contributed by atoms with Crippen molar-refractivity contribution in [1.82, 2.24) is 24.5 Å². The molecule has 0 saturated heterocycles. The highest BCUT2D eigenvalue weighted by Crippen LogP contribution is 2.34. The highest BCUT2D eigenvalue weighted by molar-refractivity contribution is 6.30. The summed E-state index contributed by atoms with van der Waals surface area (Å²) in [4.78, 5) is 28.4. The molecule has 1 aliphatic rings. The molecule has 0 aromatic carbocycles. The van der Waals surface area contributed by atoms with Gasteiger partial charge in [0, 0.05) is 18.7 Å². The molecule has 4 rings (SSSR count). The smallest absolute Gasteiger partial charge is 0.327 e. The van der Waals surface area contributed by atoms with Crippen LogP contribution in [0.5, 0.6) is 5.88 Å². The average molecular weight is 414 g/mol. The van der Waals surface area contributed by atoms with E-state index < -0.39 is 0 Å². The van der Waals surface area contributed by atoms with Gasteiger partial charge in [-0.05, 0) is 37.7 Å². The average Bonchev–Trinajstić information content (AvgIpc) is 3.04. The third-order valence-electron chi connectivity index (χ3n) is 5.28. The van der Waals surface area contributed by atoms with Gasteiger partial charge >= 0.3 is 5.69 Å². The van der Waals surface area contributed by atoms with Gasteiger partial charge in [0.25, 0.3) is 0 Å². The van der Waals surface area contributed by atoms with E-state index in [1.54, 1.807) is 16.8 Å². The Labute approximate surface area is 171 Å². The maximum atomic E-state index is 12.6. The van der Waals surface area contributed by atoms with Gasteiger partial charge in [-0.1, -0.05) is 11.6 Å². The van der Waals surface area contributed by atoms with E-state index in [4.69, 9.17) is 21.6 Å². The number of aromatic nitrogens is 5. The van der Waals surface area contributed by atoms with Gasteiger partial charge in [-0.3, -0.25) is 4.57 Å². The number of halogens is 1. The number of nitrogens with zero attached hydrogens (tertiary/aromatic N) is 5. The number of rotatable bonds is 5. The fourth-order valence-electron chi connectivity index (χ4n) is 3.85. The van der Waals surface area contributed by atoms with Crippen molar-refractivity contribution < 1.29 is 4.74 Å². The highest BCUT2D eigenvalue weighted by atomic mass is 35.5. The lowest BCUT2D eigenvalue weighted by Gasteiger charge is -2.27. The fraction of sp³-hybridized carbons (Fsp3) is 0.421. The number of methoxy groups -OCH3 is 1. The van der Waals surface area contributed by atoms with Crippen LogP contribution in [0.25, 0.3) is 11.2 Å². The molecule has 0 aliphatic heterocycles. The zero-order valence-electron chi connectivity index (χ0n) is 15.9. The monoisotopic (exact) mass is 413 g/mol. The SMILES string of the molecule is COc1ncc(Cl)cc1Nc1ncc2[nH]c(=O)n([C@H]3CC[C@H](CC#N)CC3)c2n1. The normalized spacial score (nSPS) is 19.1. The first-order valence-electron chi connectivity index (χ1n) is 9.39. The summed E-state index contributed by atoms with van der Waals surface area (Å²) in [5.74, 6) is 1.08. The van der Waals surface area contributed by atoms with E-state index in [1.807, 2.05) is 0 Å². The Balaban J connectivity index is 1.65. The van der Waals surface area contributed by atoms with Crippen LogP contribution in [0.4, 0.5) is 11.6 Å². The minimum atomic E-state index is -0.197. The van der Waals surface area contributed by atoms with E-state index in [1.165, 1.54) is 13.3 Å². The summed E-state index contributed by atoms with van der Waals surface area (Å²) in [7, 11) is 1.51.